The van der Waals surface area contributed by atoms with Crippen LogP contribution in [0.4, 0.5) is 5.69 Å². The Balaban J connectivity index is 1.64. The molecule has 0 aromatic heterocycles. The number of carbonyl (C=O) groups excluding carboxylic acids is 3. The van der Waals surface area contributed by atoms with Gasteiger partial charge < -0.3 is 5.32 Å². The molecule has 6 heteroatoms. The van der Waals surface area contributed by atoms with Gasteiger partial charge in [-0.2, -0.15) is 0 Å². The number of hydrogen-bond donors (Lipinski definition) is 1. The normalized spacial score (nSPS) is 26.6. The third-order valence-corrected chi connectivity index (χ3v) is 7.74. The van der Waals surface area contributed by atoms with Gasteiger partial charge in [0.25, 0.3) is 0 Å². The summed E-state index contributed by atoms with van der Waals surface area (Å²) in [6, 6.07) is 22.4. The highest BCUT2D eigenvalue weighted by atomic mass is 35.5. The van der Waals surface area contributed by atoms with E-state index < -0.39 is 17.3 Å². The number of anilines is 1. The van der Waals surface area contributed by atoms with E-state index in [9.17, 15) is 14.4 Å². The summed E-state index contributed by atoms with van der Waals surface area (Å²) < 4.78 is 0. The summed E-state index contributed by atoms with van der Waals surface area (Å²) in [5.74, 6) is -2.40. The summed E-state index contributed by atoms with van der Waals surface area (Å²) in [6.45, 7) is 2.09. The third kappa shape index (κ3) is 2.46. The van der Waals surface area contributed by atoms with Gasteiger partial charge in [-0.25, -0.2) is 0 Å². The van der Waals surface area contributed by atoms with Crippen LogP contribution in [0.3, 0.4) is 0 Å². The molecule has 2 atom stereocenters. The fourth-order valence-electron chi connectivity index (χ4n) is 6.29. The average Bonchev–Trinajstić information content (AvgIpc) is 3.10. The van der Waals surface area contributed by atoms with Crippen molar-refractivity contribution in [3.63, 3.8) is 0 Å². The van der Waals surface area contributed by atoms with E-state index in [4.69, 9.17) is 11.6 Å². The first kappa shape index (κ1) is 20.2. The molecule has 7 rings (SSSR count). The molecule has 3 aliphatic carbocycles. The Kier molecular flexibility index (Phi) is 4.30. The molecule has 1 heterocycles. The van der Waals surface area contributed by atoms with Crippen molar-refractivity contribution in [2.45, 2.75) is 18.3 Å². The molecule has 1 fully saturated rings. The Morgan fingerprint density at radius 3 is 2.06 bits per heavy atom. The maximum absolute atomic E-state index is 14.3. The van der Waals surface area contributed by atoms with Gasteiger partial charge in [0.05, 0.1) is 11.8 Å². The number of imide groups is 1. The van der Waals surface area contributed by atoms with Crippen LogP contribution in [0.5, 0.6) is 0 Å². The molecular weight excluding hydrogens is 436 g/mol. The third-order valence-electron chi connectivity index (χ3n) is 7.49. The molecule has 3 aromatic rings. The Morgan fingerprint density at radius 1 is 0.909 bits per heavy atom. The summed E-state index contributed by atoms with van der Waals surface area (Å²) in [7, 11) is 0. The van der Waals surface area contributed by atoms with Crippen LogP contribution in [0.1, 0.15) is 35.1 Å². The van der Waals surface area contributed by atoms with Crippen LogP contribution in [0.2, 0.25) is 5.02 Å². The molecule has 0 spiro atoms. The van der Waals surface area contributed by atoms with Gasteiger partial charge in [0, 0.05) is 23.2 Å². The minimum Gasteiger partial charge on any atom is -0.325 e. The molecule has 1 saturated heterocycles. The average molecular weight is 457 g/mol. The lowest BCUT2D eigenvalue weighted by Gasteiger charge is -2.52. The monoisotopic (exact) mass is 456 g/mol. The van der Waals surface area contributed by atoms with E-state index in [0.29, 0.717) is 17.3 Å². The Bertz CT molecular complexity index is 1290. The summed E-state index contributed by atoms with van der Waals surface area (Å²) in [6.07, 6.45) is 0. The van der Waals surface area contributed by atoms with Crippen LogP contribution in [-0.2, 0) is 19.8 Å². The van der Waals surface area contributed by atoms with Crippen LogP contribution in [0, 0.1) is 11.8 Å². The van der Waals surface area contributed by atoms with E-state index in [1.165, 1.54) is 4.90 Å². The van der Waals surface area contributed by atoms with Crippen molar-refractivity contribution in [3.05, 3.63) is 100 Å². The molecule has 4 aliphatic rings. The number of nitrogens with one attached hydrogen (secondary N) is 1. The number of nitrogens with zero attached hydrogens (tertiary/aromatic N) is 1. The quantitative estimate of drug-likeness (QED) is 0.596. The van der Waals surface area contributed by atoms with Crippen LogP contribution in [0.15, 0.2) is 72.8 Å². The fraction of sp³-hybridized carbons (Fsp3) is 0.222. The Morgan fingerprint density at radius 2 is 1.48 bits per heavy atom. The molecule has 164 valence electrons. The highest BCUT2D eigenvalue weighted by molar-refractivity contribution is 6.30. The molecule has 2 bridgehead atoms. The molecule has 0 saturated carbocycles. The minimum atomic E-state index is -1.30. The van der Waals surface area contributed by atoms with E-state index in [1.807, 2.05) is 48.5 Å². The van der Waals surface area contributed by atoms with E-state index >= 15 is 0 Å². The van der Waals surface area contributed by atoms with Crippen molar-refractivity contribution in [1.29, 1.82) is 0 Å². The second-order valence-corrected chi connectivity index (χ2v) is 9.28. The molecule has 3 amide bonds. The number of rotatable bonds is 3. The van der Waals surface area contributed by atoms with Gasteiger partial charge in [-0.1, -0.05) is 60.1 Å². The number of halogens is 1. The van der Waals surface area contributed by atoms with Crippen LogP contribution < -0.4 is 5.32 Å². The first-order valence-electron chi connectivity index (χ1n) is 11.1. The Labute approximate surface area is 196 Å². The van der Waals surface area contributed by atoms with Crippen molar-refractivity contribution in [2.24, 2.45) is 11.8 Å². The zero-order valence-corrected chi connectivity index (χ0v) is 18.7. The summed E-state index contributed by atoms with van der Waals surface area (Å²) in [5, 5.41) is 3.60. The van der Waals surface area contributed by atoms with Gasteiger partial charge in [-0.3, -0.25) is 19.3 Å². The number of amides is 3. The zero-order chi connectivity index (χ0) is 22.9. The lowest BCUT2D eigenvalue weighted by atomic mass is 9.47. The first-order chi connectivity index (χ1) is 16.0. The van der Waals surface area contributed by atoms with E-state index in [2.05, 4.69) is 5.32 Å². The number of carbonyl (C=O) groups is 3. The Hall–Kier alpha value is -3.44. The SMILES string of the molecule is CCN1C(=O)[C@H]2C3c4ccccc4C(C(=O)Nc4ccc(Cl)cc4)(c4ccccc43)[C@H]2C1=O. The molecule has 0 unspecified atom stereocenters. The molecule has 0 radical (unpaired) electrons. The number of likely N-dealkylation sites (tertiary alicyclic amines) is 1. The van der Waals surface area contributed by atoms with E-state index in [-0.39, 0.29) is 23.6 Å². The predicted molar refractivity (Wildman–Crippen MR) is 125 cm³/mol. The van der Waals surface area contributed by atoms with E-state index in [0.717, 1.165) is 22.3 Å². The van der Waals surface area contributed by atoms with Gasteiger partial charge in [-0.15, -0.1) is 0 Å². The van der Waals surface area contributed by atoms with Crippen molar-refractivity contribution in [1.82, 2.24) is 4.90 Å². The van der Waals surface area contributed by atoms with Gasteiger partial charge in [-0.05, 0) is 53.4 Å². The second-order valence-electron chi connectivity index (χ2n) is 8.85. The van der Waals surface area contributed by atoms with Crippen LogP contribution in [0.25, 0.3) is 0 Å². The highest BCUT2D eigenvalue weighted by Crippen LogP contribution is 2.64. The lowest BCUT2D eigenvalue weighted by Crippen LogP contribution is -2.59. The van der Waals surface area contributed by atoms with Crippen LogP contribution >= 0.6 is 11.6 Å². The minimum absolute atomic E-state index is 0.190. The van der Waals surface area contributed by atoms with Crippen molar-refractivity contribution < 1.29 is 14.4 Å². The summed E-state index contributed by atoms with van der Waals surface area (Å²) in [4.78, 5) is 42.9. The second kappa shape index (κ2) is 7.03. The summed E-state index contributed by atoms with van der Waals surface area (Å²) >= 11 is 6.03. The number of hydrogen-bond acceptors (Lipinski definition) is 3. The molecule has 1 N–H and O–H groups in total. The molecule has 1 aliphatic heterocycles. The van der Waals surface area contributed by atoms with Crippen molar-refractivity contribution in [3.8, 4) is 0 Å². The van der Waals surface area contributed by atoms with Gasteiger partial charge in [0.15, 0.2) is 0 Å². The first-order valence-corrected chi connectivity index (χ1v) is 11.5. The molecule has 33 heavy (non-hydrogen) atoms. The highest BCUT2D eigenvalue weighted by Gasteiger charge is 2.70. The number of benzene rings is 3. The largest absolute Gasteiger partial charge is 0.325 e. The predicted octanol–water partition coefficient (Wildman–Crippen LogP) is 4.34. The van der Waals surface area contributed by atoms with E-state index in [1.54, 1.807) is 31.2 Å². The lowest BCUT2D eigenvalue weighted by molar-refractivity contribution is -0.141. The maximum Gasteiger partial charge on any atom is 0.240 e. The van der Waals surface area contributed by atoms with Crippen molar-refractivity contribution >= 4 is 35.0 Å². The van der Waals surface area contributed by atoms with Gasteiger partial charge in [0.1, 0.15) is 5.41 Å². The molecule has 5 nitrogen and oxygen atoms in total. The van der Waals surface area contributed by atoms with Crippen molar-refractivity contribution in [2.75, 3.05) is 11.9 Å². The fourth-order valence-corrected chi connectivity index (χ4v) is 6.42. The standard InChI is InChI=1S/C27H21ClN2O3/c1-2-30-24(31)22-21-17-7-3-5-9-19(17)27(23(22)25(30)32,20-10-6-4-8-18(20)21)26(33)29-16-13-11-15(28)12-14-16/h3-14,21-23H,2H2,1H3,(H,29,33)/t21?,22-,23+,27?/m0/s1. The maximum atomic E-state index is 14.3. The zero-order valence-electron chi connectivity index (χ0n) is 17.9. The molecular formula is C27H21ClN2O3. The van der Waals surface area contributed by atoms with Gasteiger partial charge in [0.2, 0.25) is 17.7 Å². The topological polar surface area (TPSA) is 66.5 Å². The molecule has 3 aromatic carbocycles. The van der Waals surface area contributed by atoms with Crippen LogP contribution in [-0.4, -0.2) is 29.2 Å². The summed E-state index contributed by atoms with van der Waals surface area (Å²) in [5.41, 5.74) is 2.79. The smallest absolute Gasteiger partial charge is 0.240 e. The van der Waals surface area contributed by atoms with Gasteiger partial charge >= 0.3 is 0 Å².